The molecule has 1 aliphatic rings. The van der Waals surface area contributed by atoms with Gasteiger partial charge in [-0.1, -0.05) is 90.1 Å². The van der Waals surface area contributed by atoms with Gasteiger partial charge in [0.15, 0.2) is 0 Å². The number of alkyl carbamates (subject to hydrolysis) is 1. The molecule has 3 rings (SSSR count). The van der Waals surface area contributed by atoms with Gasteiger partial charge in [0.25, 0.3) is 0 Å². The van der Waals surface area contributed by atoms with Crippen molar-refractivity contribution in [3.63, 3.8) is 0 Å². The molecule has 2 aromatic rings. The smallest absolute Gasteiger partial charge is 0.407 e. The highest BCUT2D eigenvalue weighted by molar-refractivity contribution is 5.81. The molecule has 0 saturated carbocycles. The Morgan fingerprint density at radius 3 is 1.78 bits per heavy atom. The Kier molecular flexibility index (Phi) is 9.51. The molecule has 0 bridgehead atoms. The molecule has 0 aromatic heterocycles. The molecule has 0 atom stereocenters. The first-order valence-electron chi connectivity index (χ1n) is 13.9. The predicted octanol–water partition coefficient (Wildman–Crippen LogP) is 5.52. The average Bonchev–Trinajstić information content (AvgIpc) is 3.18. The molecule has 0 saturated heterocycles. The summed E-state index contributed by atoms with van der Waals surface area (Å²) in [6.45, 7) is 11.1. The number of hydrogen-bond donors (Lipinski definition) is 3. The lowest BCUT2D eigenvalue weighted by molar-refractivity contribution is -0.165. The highest BCUT2D eigenvalue weighted by atomic mass is 16.5. The number of hydrogen-bond acceptors (Lipinski definition) is 5. The summed E-state index contributed by atoms with van der Waals surface area (Å²) >= 11 is 0. The number of aliphatic carboxylic acids is 2. The number of carboxylic acids is 2. The average molecular weight is 567 g/mol. The highest BCUT2D eigenvalue weighted by Gasteiger charge is 2.57. The van der Waals surface area contributed by atoms with Crippen molar-refractivity contribution in [3.8, 4) is 11.1 Å². The van der Waals surface area contributed by atoms with Crippen LogP contribution in [-0.4, -0.2) is 64.3 Å². The Bertz CT molecular complexity index is 1230. The molecule has 0 aliphatic heterocycles. The third-order valence-electron chi connectivity index (χ3n) is 8.15. The summed E-state index contributed by atoms with van der Waals surface area (Å²) < 4.78 is 5.56. The molecule has 2 aromatic carbocycles. The molecule has 222 valence electrons. The molecule has 1 aliphatic carbocycles. The van der Waals surface area contributed by atoms with Gasteiger partial charge < -0.3 is 25.2 Å². The third-order valence-corrected chi connectivity index (χ3v) is 8.15. The second kappa shape index (κ2) is 12.3. The van der Waals surface area contributed by atoms with E-state index in [-0.39, 0.29) is 44.9 Å². The van der Waals surface area contributed by atoms with Gasteiger partial charge in [-0.05, 0) is 33.1 Å². The van der Waals surface area contributed by atoms with Crippen LogP contribution in [-0.2, 0) is 19.1 Å². The topological polar surface area (TPSA) is 133 Å². The minimum absolute atomic E-state index is 0.0451. The van der Waals surface area contributed by atoms with E-state index < -0.39 is 40.3 Å². The lowest BCUT2D eigenvalue weighted by Crippen LogP contribution is -2.67. The number of ether oxygens (including phenoxy) is 1. The van der Waals surface area contributed by atoms with Crippen LogP contribution in [0.4, 0.5) is 4.79 Å². The molecule has 3 N–H and O–H groups in total. The van der Waals surface area contributed by atoms with E-state index in [9.17, 15) is 29.4 Å². The summed E-state index contributed by atoms with van der Waals surface area (Å²) in [4.78, 5) is 51.3. The number of nitrogens with one attached hydrogen (secondary N) is 1. The summed E-state index contributed by atoms with van der Waals surface area (Å²) in [7, 11) is 0. The van der Waals surface area contributed by atoms with Crippen molar-refractivity contribution in [2.75, 3.05) is 19.7 Å². The second-order valence-electron chi connectivity index (χ2n) is 12.6. The van der Waals surface area contributed by atoms with Crippen LogP contribution in [0.3, 0.4) is 0 Å². The van der Waals surface area contributed by atoms with Gasteiger partial charge in [-0.3, -0.25) is 14.4 Å². The van der Waals surface area contributed by atoms with Gasteiger partial charge >= 0.3 is 18.0 Å². The van der Waals surface area contributed by atoms with E-state index in [0.29, 0.717) is 0 Å². The van der Waals surface area contributed by atoms with Crippen molar-refractivity contribution in [1.29, 1.82) is 0 Å². The van der Waals surface area contributed by atoms with E-state index in [1.54, 1.807) is 0 Å². The molecule has 9 heteroatoms. The Balaban J connectivity index is 1.71. The normalized spacial score (nSPS) is 13.2. The number of fused-ring (bicyclic) bond motifs is 3. The van der Waals surface area contributed by atoms with Gasteiger partial charge in [-0.2, -0.15) is 0 Å². The van der Waals surface area contributed by atoms with Gasteiger partial charge in [0.1, 0.15) is 6.61 Å². The summed E-state index contributed by atoms with van der Waals surface area (Å²) in [6, 6.07) is 16.0. The van der Waals surface area contributed by atoms with Crippen molar-refractivity contribution in [2.24, 2.45) is 10.8 Å². The molecule has 0 unspecified atom stereocenters. The number of nitrogens with zero attached hydrogens (tertiary/aromatic N) is 1. The monoisotopic (exact) mass is 566 g/mol. The number of carbonyl (C=O) groups is 4. The fourth-order valence-electron chi connectivity index (χ4n) is 6.57. The van der Waals surface area contributed by atoms with E-state index >= 15 is 0 Å². The molecule has 0 heterocycles. The minimum atomic E-state index is -1.21. The first-order chi connectivity index (χ1) is 19.1. The highest BCUT2D eigenvalue weighted by Crippen LogP contribution is 2.51. The van der Waals surface area contributed by atoms with Crippen LogP contribution in [0.15, 0.2) is 48.5 Å². The number of rotatable bonds is 11. The second-order valence-corrected chi connectivity index (χ2v) is 12.6. The SMILES string of the molecule is CC(C)(C)C(CC(=O)O)(N(CCC(=O)O)C(=O)CCNC(=O)OCC1c2ccccc2-c2ccccc21)C(C)(C)C. The zero-order valence-electron chi connectivity index (χ0n) is 24.8. The molecule has 9 nitrogen and oxygen atoms in total. The van der Waals surface area contributed by atoms with Crippen molar-refractivity contribution < 1.29 is 34.1 Å². The molecule has 2 amide bonds. The number of carboxylic acid groups (broad SMARTS) is 2. The Morgan fingerprint density at radius 2 is 1.32 bits per heavy atom. The quantitative estimate of drug-likeness (QED) is 0.326. The van der Waals surface area contributed by atoms with Crippen LogP contribution in [0.5, 0.6) is 0 Å². The van der Waals surface area contributed by atoms with Crippen molar-refractivity contribution in [2.45, 2.75) is 72.3 Å². The van der Waals surface area contributed by atoms with Crippen LogP contribution in [0.25, 0.3) is 11.1 Å². The largest absolute Gasteiger partial charge is 0.481 e. The molecule has 0 spiro atoms. The van der Waals surface area contributed by atoms with E-state index in [4.69, 9.17) is 4.74 Å². The fraction of sp³-hybridized carbons (Fsp3) is 0.500. The number of amides is 2. The molecular formula is C32H42N2O7. The van der Waals surface area contributed by atoms with E-state index in [0.717, 1.165) is 22.3 Å². The zero-order valence-corrected chi connectivity index (χ0v) is 24.8. The predicted molar refractivity (Wildman–Crippen MR) is 156 cm³/mol. The maximum Gasteiger partial charge on any atom is 0.407 e. The summed E-state index contributed by atoms with van der Waals surface area (Å²) in [5, 5.41) is 21.9. The zero-order chi connectivity index (χ0) is 30.6. The molecule has 0 fully saturated rings. The standard InChI is InChI=1S/C32H42N2O7/c1-30(2,3)32(19-28(38)39,31(4,5)6)34(18-16-27(36)37)26(35)15-17-33-29(40)41-20-25-23-13-9-7-11-21(23)22-12-8-10-14-24(22)25/h7-14,25H,15-20H2,1-6H3,(H,33,40)(H,36,37)(H,38,39). The van der Waals surface area contributed by atoms with Crippen LogP contribution in [0.1, 0.15) is 77.8 Å². The van der Waals surface area contributed by atoms with E-state index in [2.05, 4.69) is 17.4 Å². The minimum Gasteiger partial charge on any atom is -0.481 e. The van der Waals surface area contributed by atoms with Gasteiger partial charge in [0.2, 0.25) is 5.91 Å². The van der Waals surface area contributed by atoms with Gasteiger partial charge in [-0.15, -0.1) is 0 Å². The fourth-order valence-corrected chi connectivity index (χ4v) is 6.57. The summed E-state index contributed by atoms with van der Waals surface area (Å²) in [5.74, 6) is -2.71. The van der Waals surface area contributed by atoms with Crippen LogP contribution >= 0.6 is 0 Å². The lowest BCUT2D eigenvalue weighted by atomic mass is 9.57. The van der Waals surface area contributed by atoms with Crippen molar-refractivity contribution in [1.82, 2.24) is 10.2 Å². The van der Waals surface area contributed by atoms with Crippen LogP contribution in [0, 0.1) is 10.8 Å². The van der Waals surface area contributed by atoms with E-state index in [1.165, 1.54) is 4.90 Å². The van der Waals surface area contributed by atoms with Crippen molar-refractivity contribution in [3.05, 3.63) is 59.7 Å². The first-order valence-corrected chi connectivity index (χ1v) is 13.9. The molecular weight excluding hydrogens is 524 g/mol. The third kappa shape index (κ3) is 6.72. The summed E-state index contributed by atoms with van der Waals surface area (Å²) in [6.07, 6.45) is -1.50. The lowest BCUT2D eigenvalue weighted by Gasteiger charge is -2.59. The Labute approximate surface area is 241 Å². The van der Waals surface area contributed by atoms with Crippen molar-refractivity contribution >= 4 is 23.9 Å². The van der Waals surface area contributed by atoms with E-state index in [1.807, 2.05) is 77.9 Å². The Morgan fingerprint density at radius 1 is 0.805 bits per heavy atom. The first kappa shape index (κ1) is 31.6. The maximum absolute atomic E-state index is 13.6. The number of benzene rings is 2. The van der Waals surface area contributed by atoms with Gasteiger partial charge in [0.05, 0.1) is 18.4 Å². The molecule has 41 heavy (non-hydrogen) atoms. The summed E-state index contributed by atoms with van der Waals surface area (Å²) in [5.41, 5.74) is 1.78. The number of carbonyl (C=O) groups excluding carboxylic acids is 2. The Hall–Kier alpha value is -3.88. The van der Waals surface area contributed by atoms with Gasteiger partial charge in [-0.25, -0.2) is 4.79 Å². The molecule has 0 radical (unpaired) electrons. The maximum atomic E-state index is 13.6. The van der Waals surface area contributed by atoms with Crippen LogP contribution in [0.2, 0.25) is 0 Å². The van der Waals surface area contributed by atoms with Crippen LogP contribution < -0.4 is 5.32 Å². The van der Waals surface area contributed by atoms with Gasteiger partial charge in [0, 0.05) is 25.4 Å².